The van der Waals surface area contributed by atoms with Crippen LogP contribution in [0.15, 0.2) is 101 Å². The van der Waals surface area contributed by atoms with Crippen molar-refractivity contribution in [3.05, 3.63) is 130 Å². The second kappa shape index (κ2) is 7.85. The second-order valence-electron chi connectivity index (χ2n) is 9.54. The Morgan fingerprint density at radius 3 is 2.22 bits per heavy atom. The first-order valence-electron chi connectivity index (χ1n) is 12.0. The molecule has 1 spiro atoms. The van der Waals surface area contributed by atoms with Gasteiger partial charge < -0.3 is 4.42 Å². The number of rotatable bonds is 3. The lowest BCUT2D eigenvalue weighted by atomic mass is 9.64. The molecule has 3 aliphatic rings. The Kier molecular flexibility index (Phi) is 4.66. The summed E-state index contributed by atoms with van der Waals surface area (Å²) in [7, 11) is 0. The van der Waals surface area contributed by atoms with Gasteiger partial charge in [-0.3, -0.25) is 19.4 Å². The van der Waals surface area contributed by atoms with E-state index in [2.05, 4.69) is 0 Å². The van der Waals surface area contributed by atoms with Crippen molar-refractivity contribution in [2.24, 2.45) is 10.5 Å². The molecule has 1 fully saturated rings. The molecule has 2 aliphatic heterocycles. The molecule has 0 unspecified atom stereocenters. The standard InChI is InChI=1S/C30H19ClN2O4/c31-19-13-11-17(12-14-19)26(34)25-24(23-10-5-15-37-23)30(28(35)21-8-3-4-9-22(21)29(30)36)27-20-7-2-1-6-18(20)16-32-33(25)27/h1-16,24-25,27H/t24-,25-,27-/m0/s1. The molecular formula is C30H19ClN2O4. The Balaban J connectivity index is 1.54. The second-order valence-corrected chi connectivity index (χ2v) is 9.97. The molecule has 1 saturated heterocycles. The lowest BCUT2D eigenvalue weighted by Gasteiger charge is -2.36. The maximum atomic E-state index is 14.5. The van der Waals surface area contributed by atoms with E-state index in [4.69, 9.17) is 21.1 Å². The number of hydrogen-bond acceptors (Lipinski definition) is 6. The Morgan fingerprint density at radius 2 is 1.54 bits per heavy atom. The summed E-state index contributed by atoms with van der Waals surface area (Å²) in [6, 6.07) is 22.7. The number of benzene rings is 3. The minimum Gasteiger partial charge on any atom is -0.469 e. The minimum atomic E-state index is -1.64. The predicted octanol–water partition coefficient (Wildman–Crippen LogP) is 5.74. The first kappa shape index (κ1) is 21.9. The van der Waals surface area contributed by atoms with E-state index in [1.54, 1.807) is 71.9 Å². The van der Waals surface area contributed by atoms with Crippen molar-refractivity contribution in [2.45, 2.75) is 18.0 Å². The number of fused-ring (bicyclic) bond motifs is 5. The molecule has 4 aromatic rings. The fourth-order valence-electron chi connectivity index (χ4n) is 6.34. The van der Waals surface area contributed by atoms with Crippen LogP contribution < -0.4 is 0 Å². The summed E-state index contributed by atoms with van der Waals surface area (Å²) in [5.74, 6) is -1.42. The quantitative estimate of drug-likeness (QED) is 0.261. The van der Waals surface area contributed by atoms with Crippen LogP contribution in [0.5, 0.6) is 0 Å². The Bertz CT molecular complexity index is 1590. The van der Waals surface area contributed by atoms with Crippen LogP contribution in [0.2, 0.25) is 5.02 Å². The largest absolute Gasteiger partial charge is 0.469 e. The summed E-state index contributed by atoms with van der Waals surface area (Å²) in [4.78, 5) is 43.2. The lowest BCUT2D eigenvalue weighted by Crippen LogP contribution is -2.43. The van der Waals surface area contributed by atoms with Gasteiger partial charge in [-0.25, -0.2) is 0 Å². The average Bonchev–Trinajstić information content (AvgIpc) is 3.62. The summed E-state index contributed by atoms with van der Waals surface area (Å²) in [6.45, 7) is 0. The minimum absolute atomic E-state index is 0.270. The fraction of sp³-hybridized carbons (Fsp3) is 0.133. The van der Waals surface area contributed by atoms with Crippen LogP contribution in [0, 0.1) is 5.41 Å². The molecule has 7 rings (SSSR count). The zero-order valence-electron chi connectivity index (χ0n) is 19.4. The highest BCUT2D eigenvalue weighted by molar-refractivity contribution is 6.32. The molecular weight excluding hydrogens is 488 g/mol. The van der Waals surface area contributed by atoms with Gasteiger partial charge in [0, 0.05) is 21.7 Å². The topological polar surface area (TPSA) is 79.9 Å². The number of hydrazone groups is 1. The zero-order chi connectivity index (χ0) is 25.3. The van der Waals surface area contributed by atoms with E-state index < -0.39 is 23.4 Å². The lowest BCUT2D eigenvalue weighted by molar-refractivity contribution is 0.0579. The van der Waals surface area contributed by atoms with Gasteiger partial charge >= 0.3 is 0 Å². The van der Waals surface area contributed by atoms with Gasteiger partial charge in [0.05, 0.1) is 24.4 Å². The Labute approximate surface area is 217 Å². The summed E-state index contributed by atoms with van der Waals surface area (Å²) < 4.78 is 5.87. The van der Waals surface area contributed by atoms with Crippen molar-refractivity contribution < 1.29 is 18.8 Å². The number of furan rings is 1. The fourth-order valence-corrected chi connectivity index (χ4v) is 6.46. The van der Waals surface area contributed by atoms with Crippen LogP contribution in [-0.4, -0.2) is 34.6 Å². The summed E-state index contributed by atoms with van der Waals surface area (Å²) >= 11 is 6.09. The van der Waals surface area contributed by atoms with Crippen molar-refractivity contribution >= 4 is 35.2 Å². The van der Waals surface area contributed by atoms with Crippen LogP contribution in [0.4, 0.5) is 0 Å². The van der Waals surface area contributed by atoms with E-state index in [-0.39, 0.29) is 17.3 Å². The van der Waals surface area contributed by atoms with Crippen molar-refractivity contribution in [3.8, 4) is 0 Å². The van der Waals surface area contributed by atoms with Crippen LogP contribution in [0.1, 0.15) is 59.9 Å². The SMILES string of the molecule is O=C(c1ccc(Cl)cc1)[C@@H]1[C@H](c2ccco2)C2(C(=O)c3ccccc3C2=O)[C@@H]2c3ccccc3C=NN12. The third-order valence-electron chi connectivity index (χ3n) is 7.82. The van der Waals surface area contributed by atoms with Crippen molar-refractivity contribution in [2.75, 3.05) is 0 Å². The first-order chi connectivity index (χ1) is 18.0. The van der Waals surface area contributed by atoms with Crippen LogP contribution in [0.25, 0.3) is 0 Å². The van der Waals surface area contributed by atoms with Gasteiger partial charge in [0.15, 0.2) is 17.3 Å². The number of Topliss-reactive ketones (excluding diaryl/α,β-unsaturated/α-hetero) is 3. The molecule has 37 heavy (non-hydrogen) atoms. The van der Waals surface area contributed by atoms with Gasteiger partial charge in [0.25, 0.3) is 0 Å². The van der Waals surface area contributed by atoms with E-state index in [0.717, 1.165) is 11.1 Å². The molecule has 7 heteroatoms. The molecule has 1 aromatic heterocycles. The maximum absolute atomic E-state index is 14.5. The zero-order valence-corrected chi connectivity index (χ0v) is 20.1. The highest BCUT2D eigenvalue weighted by Gasteiger charge is 2.73. The van der Waals surface area contributed by atoms with Gasteiger partial charge in [-0.2, -0.15) is 5.10 Å². The number of halogens is 1. The molecule has 3 atom stereocenters. The highest BCUT2D eigenvalue weighted by Crippen LogP contribution is 2.64. The van der Waals surface area contributed by atoms with Crippen LogP contribution in [0.3, 0.4) is 0 Å². The van der Waals surface area contributed by atoms with E-state index in [0.29, 0.717) is 27.5 Å². The van der Waals surface area contributed by atoms with E-state index in [1.165, 1.54) is 6.26 Å². The van der Waals surface area contributed by atoms with Gasteiger partial charge in [-0.1, -0.05) is 60.1 Å². The third-order valence-corrected chi connectivity index (χ3v) is 8.07. The Morgan fingerprint density at radius 1 is 0.865 bits per heavy atom. The maximum Gasteiger partial charge on any atom is 0.187 e. The molecule has 0 bridgehead atoms. The highest BCUT2D eigenvalue weighted by atomic mass is 35.5. The molecule has 180 valence electrons. The molecule has 0 N–H and O–H groups in total. The van der Waals surface area contributed by atoms with Gasteiger partial charge in [-0.15, -0.1) is 0 Å². The summed E-state index contributed by atoms with van der Waals surface area (Å²) in [5.41, 5.74) is 1.06. The molecule has 0 radical (unpaired) electrons. The normalized spacial score (nSPS) is 22.7. The van der Waals surface area contributed by atoms with Crippen LogP contribution in [-0.2, 0) is 0 Å². The number of carbonyl (C=O) groups excluding carboxylic acids is 3. The number of carbonyl (C=O) groups is 3. The van der Waals surface area contributed by atoms with E-state index >= 15 is 0 Å². The number of hydrogen-bond donors (Lipinski definition) is 0. The predicted molar refractivity (Wildman–Crippen MR) is 137 cm³/mol. The van der Waals surface area contributed by atoms with Crippen molar-refractivity contribution in [1.29, 1.82) is 0 Å². The molecule has 6 nitrogen and oxygen atoms in total. The van der Waals surface area contributed by atoms with E-state index in [9.17, 15) is 14.4 Å². The van der Waals surface area contributed by atoms with Gasteiger partial charge in [0.1, 0.15) is 17.2 Å². The summed E-state index contributed by atoms with van der Waals surface area (Å²) in [6.07, 6.45) is 3.18. The van der Waals surface area contributed by atoms with Crippen molar-refractivity contribution in [1.82, 2.24) is 5.01 Å². The Hall–Kier alpha value is -4.29. The molecule has 3 aromatic carbocycles. The number of ketones is 3. The smallest absolute Gasteiger partial charge is 0.187 e. The van der Waals surface area contributed by atoms with Gasteiger partial charge in [0.2, 0.25) is 0 Å². The van der Waals surface area contributed by atoms with Crippen molar-refractivity contribution in [3.63, 3.8) is 0 Å². The van der Waals surface area contributed by atoms with Crippen LogP contribution >= 0.6 is 11.6 Å². The third kappa shape index (κ3) is 2.82. The van der Waals surface area contributed by atoms with Gasteiger partial charge in [-0.05, 0) is 47.5 Å². The molecule has 0 saturated carbocycles. The van der Waals surface area contributed by atoms with E-state index in [1.807, 2.05) is 24.3 Å². The summed E-state index contributed by atoms with van der Waals surface area (Å²) in [5, 5.41) is 6.85. The first-order valence-corrected chi connectivity index (χ1v) is 12.3. The average molecular weight is 507 g/mol. The monoisotopic (exact) mass is 506 g/mol. The number of nitrogens with zero attached hydrogens (tertiary/aromatic N) is 2. The molecule has 0 amide bonds. The molecule has 3 heterocycles. The molecule has 1 aliphatic carbocycles.